The lowest BCUT2D eigenvalue weighted by Gasteiger charge is -2.19. The molecule has 1 aliphatic rings. The molecule has 29 heavy (non-hydrogen) atoms. The Kier molecular flexibility index (Phi) is 6.75. The lowest BCUT2D eigenvalue weighted by atomic mass is 10.0. The van der Waals surface area contributed by atoms with Crippen LogP contribution >= 0.6 is 0 Å². The van der Waals surface area contributed by atoms with E-state index in [9.17, 15) is 4.79 Å². The average molecular weight is 411 g/mol. The number of carbonyl (C=O) groups is 1. The van der Waals surface area contributed by atoms with Crippen LogP contribution in [0, 0.1) is 11.5 Å². The lowest BCUT2D eigenvalue weighted by Crippen LogP contribution is -2.16. The number of methoxy groups -OCH3 is 1. The van der Waals surface area contributed by atoms with Gasteiger partial charge < -0.3 is 18.9 Å². The standard InChI is InChI=1S/C23H26O5Si/c1-25-22(24)19-14-18(10-13-29(2,3)4)21(20(15-19)23-26-11-12-27-23)28-16-17-8-6-5-7-9-17/h5-9,14-15,23H,11-12,16H2,1-4H3. The van der Waals surface area contributed by atoms with Crippen molar-refractivity contribution < 1.29 is 23.7 Å². The molecule has 5 nitrogen and oxygen atoms in total. The van der Waals surface area contributed by atoms with Crippen LogP contribution in [-0.4, -0.2) is 34.4 Å². The summed E-state index contributed by atoms with van der Waals surface area (Å²) in [5.41, 5.74) is 6.08. The van der Waals surface area contributed by atoms with Gasteiger partial charge in [0.25, 0.3) is 0 Å². The SMILES string of the molecule is COC(=O)c1cc(C#C[Si](C)(C)C)c(OCc2ccccc2)c(C2OCCO2)c1. The molecule has 3 rings (SSSR count). The predicted octanol–water partition coefficient (Wildman–Crippen LogP) is 4.33. The number of esters is 1. The van der Waals surface area contributed by atoms with E-state index in [4.69, 9.17) is 18.9 Å². The molecular formula is C23H26O5Si. The van der Waals surface area contributed by atoms with Crippen LogP contribution in [0.25, 0.3) is 0 Å². The molecule has 1 heterocycles. The highest BCUT2D eigenvalue weighted by Gasteiger charge is 2.26. The smallest absolute Gasteiger partial charge is 0.337 e. The molecular weight excluding hydrogens is 384 g/mol. The average Bonchev–Trinajstić information content (AvgIpc) is 3.24. The van der Waals surface area contributed by atoms with E-state index in [0.29, 0.717) is 42.3 Å². The molecule has 1 aliphatic heterocycles. The Bertz CT molecular complexity index is 916. The van der Waals surface area contributed by atoms with E-state index in [2.05, 4.69) is 31.1 Å². The fourth-order valence-corrected chi connectivity index (χ4v) is 3.35. The van der Waals surface area contributed by atoms with E-state index in [1.54, 1.807) is 12.1 Å². The number of ether oxygens (including phenoxy) is 4. The fraction of sp³-hybridized carbons (Fsp3) is 0.348. The van der Waals surface area contributed by atoms with Gasteiger partial charge in [0.05, 0.1) is 37.0 Å². The Morgan fingerprint density at radius 2 is 1.83 bits per heavy atom. The van der Waals surface area contributed by atoms with Crippen LogP contribution in [0.1, 0.15) is 33.3 Å². The maximum Gasteiger partial charge on any atom is 0.337 e. The summed E-state index contributed by atoms with van der Waals surface area (Å²) in [7, 11) is -0.288. The third-order valence-electron chi connectivity index (χ3n) is 4.21. The Morgan fingerprint density at radius 3 is 2.45 bits per heavy atom. The van der Waals surface area contributed by atoms with Crippen LogP contribution in [0.3, 0.4) is 0 Å². The zero-order valence-electron chi connectivity index (χ0n) is 17.3. The number of hydrogen-bond donors (Lipinski definition) is 0. The third-order valence-corrected chi connectivity index (χ3v) is 5.09. The van der Waals surface area contributed by atoms with Crippen molar-refractivity contribution in [3.05, 3.63) is 64.7 Å². The van der Waals surface area contributed by atoms with Crippen molar-refractivity contribution in [2.75, 3.05) is 20.3 Å². The first kappa shape index (κ1) is 21.1. The topological polar surface area (TPSA) is 54.0 Å². The number of carbonyl (C=O) groups excluding carboxylic acids is 1. The summed E-state index contributed by atoms with van der Waals surface area (Å²) in [6.07, 6.45) is -0.599. The van der Waals surface area contributed by atoms with Crippen molar-refractivity contribution in [3.63, 3.8) is 0 Å². The minimum absolute atomic E-state index is 0.375. The fourth-order valence-electron chi connectivity index (χ4n) is 2.84. The molecule has 1 fully saturated rings. The van der Waals surface area contributed by atoms with Gasteiger partial charge in [0.1, 0.15) is 20.4 Å². The van der Waals surface area contributed by atoms with Crippen LogP contribution < -0.4 is 4.74 Å². The molecule has 0 N–H and O–H groups in total. The maximum atomic E-state index is 12.2. The first-order valence-electron chi connectivity index (χ1n) is 9.57. The zero-order chi connectivity index (χ0) is 20.9. The minimum atomic E-state index is -1.65. The molecule has 6 heteroatoms. The summed E-state index contributed by atoms with van der Waals surface area (Å²) < 4.78 is 22.5. The van der Waals surface area contributed by atoms with Gasteiger partial charge in [-0.3, -0.25) is 0 Å². The monoisotopic (exact) mass is 410 g/mol. The molecule has 0 radical (unpaired) electrons. The van der Waals surface area contributed by atoms with Gasteiger partial charge in [0.15, 0.2) is 6.29 Å². The van der Waals surface area contributed by atoms with E-state index in [-0.39, 0.29) is 0 Å². The van der Waals surface area contributed by atoms with Crippen molar-refractivity contribution in [3.8, 4) is 17.2 Å². The van der Waals surface area contributed by atoms with Crippen molar-refractivity contribution in [2.24, 2.45) is 0 Å². The van der Waals surface area contributed by atoms with Crippen LogP contribution in [0.2, 0.25) is 19.6 Å². The van der Waals surface area contributed by atoms with Crippen LogP contribution in [0.15, 0.2) is 42.5 Å². The predicted molar refractivity (Wildman–Crippen MR) is 113 cm³/mol. The molecule has 0 spiro atoms. The van der Waals surface area contributed by atoms with E-state index in [0.717, 1.165) is 5.56 Å². The summed E-state index contributed by atoms with van der Waals surface area (Å²) in [5, 5.41) is 0. The van der Waals surface area contributed by atoms with Gasteiger partial charge in [-0.1, -0.05) is 55.9 Å². The van der Waals surface area contributed by atoms with E-state index < -0.39 is 20.3 Å². The molecule has 0 atom stereocenters. The normalized spacial score (nSPS) is 14.2. The van der Waals surface area contributed by atoms with Gasteiger partial charge in [0, 0.05) is 0 Å². The number of benzene rings is 2. The van der Waals surface area contributed by atoms with Gasteiger partial charge in [0.2, 0.25) is 0 Å². The highest BCUT2D eigenvalue weighted by molar-refractivity contribution is 6.83. The van der Waals surface area contributed by atoms with Crippen molar-refractivity contribution >= 4 is 14.0 Å². The van der Waals surface area contributed by atoms with Gasteiger partial charge in [-0.15, -0.1) is 5.54 Å². The second-order valence-electron chi connectivity index (χ2n) is 7.78. The molecule has 0 amide bonds. The van der Waals surface area contributed by atoms with Crippen molar-refractivity contribution in [1.29, 1.82) is 0 Å². The minimum Gasteiger partial charge on any atom is -0.487 e. The second-order valence-corrected chi connectivity index (χ2v) is 12.5. The van der Waals surface area contributed by atoms with Crippen LogP contribution in [0.4, 0.5) is 0 Å². The second kappa shape index (κ2) is 9.27. The molecule has 0 bridgehead atoms. The molecule has 2 aromatic carbocycles. The van der Waals surface area contributed by atoms with Crippen LogP contribution in [-0.2, 0) is 20.8 Å². The zero-order valence-corrected chi connectivity index (χ0v) is 18.3. The largest absolute Gasteiger partial charge is 0.487 e. The highest BCUT2D eigenvalue weighted by atomic mass is 28.3. The van der Waals surface area contributed by atoms with Gasteiger partial charge >= 0.3 is 5.97 Å². The molecule has 0 unspecified atom stereocenters. The molecule has 1 saturated heterocycles. The Labute approximate surface area is 172 Å². The lowest BCUT2D eigenvalue weighted by molar-refractivity contribution is -0.0459. The molecule has 0 aliphatic carbocycles. The number of hydrogen-bond acceptors (Lipinski definition) is 5. The van der Waals surface area contributed by atoms with Crippen LogP contribution in [0.5, 0.6) is 5.75 Å². The maximum absolute atomic E-state index is 12.2. The molecule has 0 saturated carbocycles. The van der Waals surface area contributed by atoms with Gasteiger partial charge in [-0.2, -0.15) is 0 Å². The van der Waals surface area contributed by atoms with E-state index in [1.165, 1.54) is 7.11 Å². The van der Waals surface area contributed by atoms with Crippen molar-refractivity contribution in [1.82, 2.24) is 0 Å². The van der Waals surface area contributed by atoms with Gasteiger partial charge in [-0.25, -0.2) is 4.79 Å². The first-order chi connectivity index (χ1) is 13.9. The Balaban J connectivity index is 2.08. The summed E-state index contributed by atoms with van der Waals surface area (Å²) in [6.45, 7) is 7.85. The first-order valence-corrected chi connectivity index (χ1v) is 13.1. The van der Waals surface area contributed by atoms with Crippen molar-refractivity contribution in [2.45, 2.75) is 32.5 Å². The highest BCUT2D eigenvalue weighted by Crippen LogP contribution is 2.36. The summed E-state index contributed by atoms with van der Waals surface area (Å²) >= 11 is 0. The third kappa shape index (κ3) is 5.70. The number of rotatable bonds is 5. The Morgan fingerprint density at radius 1 is 1.14 bits per heavy atom. The molecule has 0 aromatic heterocycles. The quantitative estimate of drug-likeness (QED) is 0.417. The van der Waals surface area contributed by atoms with E-state index in [1.807, 2.05) is 30.3 Å². The molecule has 152 valence electrons. The summed E-state index contributed by atoms with van der Waals surface area (Å²) in [4.78, 5) is 12.2. The molecule has 2 aromatic rings. The Hall–Kier alpha value is -2.59. The van der Waals surface area contributed by atoms with E-state index >= 15 is 0 Å². The summed E-state index contributed by atoms with van der Waals surface area (Å²) in [5.74, 6) is 3.39. The summed E-state index contributed by atoms with van der Waals surface area (Å²) in [6, 6.07) is 13.3. The van der Waals surface area contributed by atoms with Gasteiger partial charge in [-0.05, 0) is 17.7 Å².